The summed E-state index contributed by atoms with van der Waals surface area (Å²) in [5.74, 6) is 0. The minimum atomic E-state index is 0.544. The molecule has 2 N–H and O–H groups in total. The fourth-order valence-corrected chi connectivity index (χ4v) is 2.45. The van der Waals surface area contributed by atoms with E-state index in [1.807, 2.05) is 30.3 Å². The summed E-state index contributed by atoms with van der Waals surface area (Å²) < 4.78 is 0. The molecule has 0 aromatic heterocycles. The molecule has 0 aliphatic carbocycles. The molecule has 0 spiro atoms. The van der Waals surface area contributed by atoms with E-state index in [0.717, 1.165) is 12.2 Å². The molecular weight excluding hydrogens is 242 g/mol. The van der Waals surface area contributed by atoms with Gasteiger partial charge in [0.1, 0.15) is 0 Å². The van der Waals surface area contributed by atoms with Crippen LogP contribution in [0.1, 0.15) is 19.8 Å². The molecule has 1 saturated heterocycles. The van der Waals surface area contributed by atoms with Crippen molar-refractivity contribution in [3.8, 4) is 0 Å². The lowest BCUT2D eigenvalue weighted by molar-refractivity contribution is 0.259. The summed E-state index contributed by atoms with van der Waals surface area (Å²) in [6.07, 6.45) is 2.66. The molecule has 1 aliphatic rings. The zero-order valence-electron chi connectivity index (χ0n) is 10.9. The molecule has 1 atom stereocenters. The number of para-hydroxylation sites is 1. The van der Waals surface area contributed by atoms with Gasteiger partial charge in [0.15, 0.2) is 5.11 Å². The van der Waals surface area contributed by atoms with Crippen LogP contribution in [0, 0.1) is 0 Å². The molecular formula is C14H21N3S. The first-order chi connectivity index (χ1) is 8.75. The van der Waals surface area contributed by atoms with Crippen LogP contribution in [0.5, 0.6) is 0 Å². The van der Waals surface area contributed by atoms with Crippen LogP contribution in [-0.2, 0) is 0 Å². The normalized spacial score (nSPS) is 17.4. The second-order valence-corrected chi connectivity index (χ2v) is 5.20. The Morgan fingerprint density at radius 3 is 2.61 bits per heavy atom. The second-order valence-electron chi connectivity index (χ2n) is 4.79. The van der Waals surface area contributed by atoms with Gasteiger partial charge in [0, 0.05) is 18.3 Å². The molecule has 0 bridgehead atoms. The van der Waals surface area contributed by atoms with Gasteiger partial charge in [-0.3, -0.25) is 4.90 Å². The van der Waals surface area contributed by atoms with Crippen LogP contribution in [0.2, 0.25) is 0 Å². The number of nitrogens with one attached hydrogen (secondary N) is 2. The van der Waals surface area contributed by atoms with Crippen molar-refractivity contribution >= 4 is 23.0 Å². The maximum Gasteiger partial charge on any atom is 0.170 e. The summed E-state index contributed by atoms with van der Waals surface area (Å²) in [6, 6.07) is 10.6. The Bertz CT molecular complexity index is 374. The Labute approximate surface area is 115 Å². The van der Waals surface area contributed by atoms with Gasteiger partial charge >= 0.3 is 0 Å². The van der Waals surface area contributed by atoms with E-state index in [1.165, 1.54) is 25.9 Å². The Balaban J connectivity index is 1.71. The minimum Gasteiger partial charge on any atom is -0.361 e. The van der Waals surface area contributed by atoms with E-state index in [0.29, 0.717) is 11.2 Å². The number of anilines is 1. The highest BCUT2D eigenvalue weighted by molar-refractivity contribution is 7.80. The molecule has 2 rings (SSSR count). The molecule has 1 fully saturated rings. The number of rotatable bonds is 4. The van der Waals surface area contributed by atoms with Crippen molar-refractivity contribution in [2.75, 3.05) is 25.0 Å². The molecule has 1 aromatic carbocycles. The molecule has 1 aliphatic heterocycles. The summed E-state index contributed by atoms with van der Waals surface area (Å²) in [5.41, 5.74) is 1.03. The standard InChI is InChI=1S/C14H21N3S/c1-12(17-9-5-6-10-17)11-15-14(18)16-13-7-3-2-4-8-13/h2-4,7-8,12H,5-6,9-11H2,1H3,(H2,15,16,18). The van der Waals surface area contributed by atoms with Gasteiger partial charge in [0.05, 0.1) is 0 Å². The van der Waals surface area contributed by atoms with Crippen LogP contribution >= 0.6 is 12.2 Å². The first kappa shape index (κ1) is 13.3. The van der Waals surface area contributed by atoms with Gasteiger partial charge in [-0.15, -0.1) is 0 Å². The van der Waals surface area contributed by atoms with Crippen LogP contribution in [0.15, 0.2) is 30.3 Å². The van der Waals surface area contributed by atoms with E-state index in [1.54, 1.807) is 0 Å². The van der Waals surface area contributed by atoms with Gasteiger partial charge in [-0.1, -0.05) is 18.2 Å². The number of hydrogen-bond donors (Lipinski definition) is 2. The highest BCUT2D eigenvalue weighted by Crippen LogP contribution is 2.10. The fraction of sp³-hybridized carbons (Fsp3) is 0.500. The Morgan fingerprint density at radius 2 is 1.94 bits per heavy atom. The maximum absolute atomic E-state index is 5.29. The molecule has 1 heterocycles. The Hall–Kier alpha value is -1.13. The quantitative estimate of drug-likeness (QED) is 0.816. The van der Waals surface area contributed by atoms with Crippen molar-refractivity contribution in [2.24, 2.45) is 0 Å². The lowest BCUT2D eigenvalue weighted by atomic mass is 10.3. The van der Waals surface area contributed by atoms with E-state index in [9.17, 15) is 0 Å². The third-order valence-electron chi connectivity index (χ3n) is 3.35. The zero-order chi connectivity index (χ0) is 12.8. The maximum atomic E-state index is 5.29. The average molecular weight is 263 g/mol. The van der Waals surface area contributed by atoms with Crippen LogP contribution < -0.4 is 10.6 Å². The summed E-state index contributed by atoms with van der Waals surface area (Å²) in [6.45, 7) is 5.60. The molecule has 3 nitrogen and oxygen atoms in total. The van der Waals surface area contributed by atoms with E-state index < -0.39 is 0 Å². The molecule has 0 saturated carbocycles. The molecule has 4 heteroatoms. The van der Waals surface area contributed by atoms with Crippen molar-refractivity contribution in [3.05, 3.63) is 30.3 Å². The average Bonchev–Trinajstić information content (AvgIpc) is 2.91. The smallest absolute Gasteiger partial charge is 0.170 e. The second kappa shape index (κ2) is 6.71. The zero-order valence-corrected chi connectivity index (χ0v) is 11.7. The predicted molar refractivity (Wildman–Crippen MR) is 80.9 cm³/mol. The molecule has 1 unspecified atom stereocenters. The Kier molecular flexibility index (Phi) is 4.96. The summed E-state index contributed by atoms with van der Waals surface area (Å²) in [7, 11) is 0. The van der Waals surface area contributed by atoms with Crippen molar-refractivity contribution in [2.45, 2.75) is 25.8 Å². The molecule has 0 amide bonds. The topological polar surface area (TPSA) is 27.3 Å². The number of thiocarbonyl (C=S) groups is 1. The van der Waals surface area contributed by atoms with E-state index in [-0.39, 0.29) is 0 Å². The highest BCUT2D eigenvalue weighted by atomic mass is 32.1. The van der Waals surface area contributed by atoms with E-state index in [4.69, 9.17) is 12.2 Å². The molecule has 1 aromatic rings. The fourth-order valence-electron chi connectivity index (χ4n) is 2.25. The van der Waals surface area contributed by atoms with Gasteiger partial charge < -0.3 is 10.6 Å². The lowest BCUT2D eigenvalue weighted by Gasteiger charge is -2.24. The van der Waals surface area contributed by atoms with Gasteiger partial charge in [-0.2, -0.15) is 0 Å². The SMILES string of the molecule is CC(CNC(=S)Nc1ccccc1)N1CCCC1. The highest BCUT2D eigenvalue weighted by Gasteiger charge is 2.17. The third-order valence-corrected chi connectivity index (χ3v) is 3.60. The van der Waals surface area contributed by atoms with Crippen molar-refractivity contribution < 1.29 is 0 Å². The summed E-state index contributed by atoms with van der Waals surface area (Å²) >= 11 is 5.29. The number of hydrogen-bond acceptors (Lipinski definition) is 2. The number of benzene rings is 1. The third kappa shape index (κ3) is 3.96. The van der Waals surface area contributed by atoms with Crippen molar-refractivity contribution in [3.63, 3.8) is 0 Å². The molecule has 0 radical (unpaired) electrons. The van der Waals surface area contributed by atoms with E-state index in [2.05, 4.69) is 22.5 Å². The monoisotopic (exact) mass is 263 g/mol. The molecule has 18 heavy (non-hydrogen) atoms. The first-order valence-corrected chi connectivity index (χ1v) is 7.00. The Morgan fingerprint density at radius 1 is 1.28 bits per heavy atom. The van der Waals surface area contributed by atoms with Gasteiger partial charge in [0.25, 0.3) is 0 Å². The van der Waals surface area contributed by atoms with Crippen LogP contribution in [0.3, 0.4) is 0 Å². The van der Waals surface area contributed by atoms with Crippen LogP contribution in [-0.4, -0.2) is 35.7 Å². The summed E-state index contributed by atoms with van der Waals surface area (Å²) in [4.78, 5) is 2.51. The number of likely N-dealkylation sites (tertiary alicyclic amines) is 1. The minimum absolute atomic E-state index is 0.544. The summed E-state index contributed by atoms with van der Waals surface area (Å²) in [5, 5.41) is 7.18. The first-order valence-electron chi connectivity index (χ1n) is 6.59. The molecule has 98 valence electrons. The van der Waals surface area contributed by atoms with Crippen molar-refractivity contribution in [1.29, 1.82) is 0 Å². The van der Waals surface area contributed by atoms with Crippen molar-refractivity contribution in [1.82, 2.24) is 10.2 Å². The van der Waals surface area contributed by atoms with Crippen LogP contribution in [0.4, 0.5) is 5.69 Å². The van der Waals surface area contributed by atoms with Gasteiger partial charge in [-0.25, -0.2) is 0 Å². The largest absolute Gasteiger partial charge is 0.361 e. The van der Waals surface area contributed by atoms with Crippen LogP contribution in [0.25, 0.3) is 0 Å². The van der Waals surface area contributed by atoms with Gasteiger partial charge in [0.2, 0.25) is 0 Å². The number of nitrogens with zero attached hydrogens (tertiary/aromatic N) is 1. The van der Waals surface area contributed by atoms with E-state index >= 15 is 0 Å². The van der Waals surface area contributed by atoms with Gasteiger partial charge in [-0.05, 0) is 57.2 Å². The predicted octanol–water partition coefficient (Wildman–Crippen LogP) is 2.46. The lowest BCUT2D eigenvalue weighted by Crippen LogP contribution is -2.41.